The number of hydrogen-bond acceptors (Lipinski definition) is 5. The number of aliphatic hydroxyl groups is 1. The van der Waals surface area contributed by atoms with Gasteiger partial charge in [-0.2, -0.15) is 10.2 Å². The van der Waals surface area contributed by atoms with Crippen LogP contribution in [0, 0.1) is 13.8 Å². The minimum absolute atomic E-state index is 0.00345. The van der Waals surface area contributed by atoms with Gasteiger partial charge in [0.1, 0.15) is 0 Å². The predicted octanol–water partition coefficient (Wildman–Crippen LogP) is 1.44. The van der Waals surface area contributed by atoms with E-state index in [1.165, 1.54) is 0 Å². The van der Waals surface area contributed by atoms with E-state index in [1.54, 1.807) is 0 Å². The summed E-state index contributed by atoms with van der Waals surface area (Å²) in [4.78, 5) is 7.07. The summed E-state index contributed by atoms with van der Waals surface area (Å²) in [7, 11) is 0. The molecule has 126 valence electrons. The molecule has 1 aliphatic rings. The Hall–Kier alpha value is -2.25. The fourth-order valence-electron chi connectivity index (χ4n) is 3.47. The fraction of sp³-hybridized carbons (Fsp3) is 0.471. The van der Waals surface area contributed by atoms with E-state index in [0.717, 1.165) is 66.6 Å². The van der Waals surface area contributed by atoms with Crippen LogP contribution in [0.15, 0.2) is 18.3 Å². The van der Waals surface area contributed by atoms with Crippen LogP contribution in [0.1, 0.15) is 34.8 Å². The first-order chi connectivity index (χ1) is 11.6. The van der Waals surface area contributed by atoms with Crippen molar-refractivity contribution >= 4 is 5.65 Å². The number of aryl methyl sites for hydroxylation is 3. The molecule has 3 aromatic heterocycles. The first-order valence-corrected chi connectivity index (χ1v) is 8.34. The maximum absolute atomic E-state index is 9.29. The number of nitrogens with zero attached hydrogens (tertiary/aromatic N) is 6. The van der Waals surface area contributed by atoms with E-state index in [9.17, 15) is 5.11 Å². The van der Waals surface area contributed by atoms with Crippen LogP contribution in [0.2, 0.25) is 0 Å². The molecule has 0 spiro atoms. The molecule has 4 heterocycles. The van der Waals surface area contributed by atoms with Gasteiger partial charge in [0, 0.05) is 43.1 Å². The van der Waals surface area contributed by atoms with Crippen molar-refractivity contribution in [2.45, 2.75) is 46.5 Å². The summed E-state index contributed by atoms with van der Waals surface area (Å²) in [5.74, 6) is 0. The molecule has 0 radical (unpaired) electrons. The highest BCUT2D eigenvalue weighted by atomic mass is 16.3. The van der Waals surface area contributed by atoms with Crippen LogP contribution in [0.3, 0.4) is 0 Å². The van der Waals surface area contributed by atoms with E-state index in [1.807, 2.05) is 34.5 Å². The first kappa shape index (κ1) is 15.3. The SMILES string of the molecule is Cc1cc(C)n2ncc(CN3CCCn4nc(CO)cc4C3)c2n1. The second kappa shape index (κ2) is 5.99. The third kappa shape index (κ3) is 2.70. The van der Waals surface area contributed by atoms with Gasteiger partial charge < -0.3 is 5.11 Å². The minimum Gasteiger partial charge on any atom is -0.390 e. The van der Waals surface area contributed by atoms with Crippen LogP contribution < -0.4 is 0 Å². The van der Waals surface area contributed by atoms with Crippen molar-refractivity contribution in [3.8, 4) is 0 Å². The van der Waals surface area contributed by atoms with Crippen molar-refractivity contribution in [1.29, 1.82) is 0 Å². The lowest BCUT2D eigenvalue weighted by atomic mass is 10.2. The summed E-state index contributed by atoms with van der Waals surface area (Å²) in [6.45, 7) is 7.63. The highest BCUT2D eigenvalue weighted by Gasteiger charge is 2.18. The normalized spacial score (nSPS) is 15.6. The topological polar surface area (TPSA) is 71.5 Å². The maximum atomic E-state index is 9.29. The maximum Gasteiger partial charge on any atom is 0.159 e. The van der Waals surface area contributed by atoms with Gasteiger partial charge in [0.05, 0.1) is 24.2 Å². The molecule has 24 heavy (non-hydrogen) atoms. The highest BCUT2D eigenvalue weighted by Crippen LogP contribution is 2.19. The Balaban J connectivity index is 1.61. The highest BCUT2D eigenvalue weighted by molar-refractivity contribution is 5.47. The second-order valence-electron chi connectivity index (χ2n) is 6.52. The van der Waals surface area contributed by atoms with Crippen LogP contribution >= 0.6 is 0 Å². The lowest BCUT2D eigenvalue weighted by Gasteiger charge is -2.18. The molecule has 0 aromatic carbocycles. The van der Waals surface area contributed by atoms with Gasteiger partial charge in [-0.1, -0.05) is 0 Å². The molecule has 0 unspecified atom stereocenters. The molecule has 0 bridgehead atoms. The zero-order chi connectivity index (χ0) is 16.7. The second-order valence-corrected chi connectivity index (χ2v) is 6.52. The molecule has 0 aliphatic carbocycles. The van der Waals surface area contributed by atoms with Crippen molar-refractivity contribution in [1.82, 2.24) is 29.3 Å². The zero-order valence-corrected chi connectivity index (χ0v) is 14.1. The molecule has 0 saturated heterocycles. The van der Waals surface area contributed by atoms with E-state index >= 15 is 0 Å². The van der Waals surface area contributed by atoms with Gasteiger partial charge in [0.15, 0.2) is 5.65 Å². The van der Waals surface area contributed by atoms with E-state index in [-0.39, 0.29) is 6.61 Å². The van der Waals surface area contributed by atoms with Crippen molar-refractivity contribution in [3.05, 3.63) is 46.7 Å². The summed E-state index contributed by atoms with van der Waals surface area (Å²) < 4.78 is 3.93. The van der Waals surface area contributed by atoms with E-state index in [0.29, 0.717) is 0 Å². The van der Waals surface area contributed by atoms with Gasteiger partial charge in [-0.25, -0.2) is 9.50 Å². The molecule has 1 aliphatic heterocycles. The lowest BCUT2D eigenvalue weighted by Crippen LogP contribution is -2.22. The van der Waals surface area contributed by atoms with Gasteiger partial charge in [-0.3, -0.25) is 9.58 Å². The molecule has 0 saturated carbocycles. The Morgan fingerprint density at radius 3 is 2.92 bits per heavy atom. The molecule has 1 N–H and O–H groups in total. The van der Waals surface area contributed by atoms with Gasteiger partial charge in [-0.15, -0.1) is 0 Å². The first-order valence-electron chi connectivity index (χ1n) is 8.34. The molecule has 3 aromatic rings. The zero-order valence-electron chi connectivity index (χ0n) is 14.1. The van der Waals surface area contributed by atoms with Gasteiger partial charge >= 0.3 is 0 Å². The number of fused-ring (bicyclic) bond motifs is 2. The Labute approximate surface area is 140 Å². The monoisotopic (exact) mass is 326 g/mol. The van der Waals surface area contributed by atoms with Crippen LogP contribution in [-0.2, 0) is 26.2 Å². The Kier molecular flexibility index (Phi) is 3.82. The van der Waals surface area contributed by atoms with Crippen LogP contribution in [0.25, 0.3) is 5.65 Å². The number of aromatic nitrogens is 5. The summed E-state index contributed by atoms with van der Waals surface area (Å²) >= 11 is 0. The molecule has 7 heteroatoms. The molecule has 0 atom stereocenters. The van der Waals surface area contributed by atoms with Crippen LogP contribution in [-0.4, -0.2) is 40.9 Å². The summed E-state index contributed by atoms with van der Waals surface area (Å²) in [6, 6.07) is 4.05. The minimum atomic E-state index is -0.00345. The third-order valence-corrected chi connectivity index (χ3v) is 4.55. The van der Waals surface area contributed by atoms with Crippen molar-refractivity contribution in [3.63, 3.8) is 0 Å². The molecule has 4 rings (SSSR count). The van der Waals surface area contributed by atoms with E-state index < -0.39 is 0 Å². The fourth-order valence-corrected chi connectivity index (χ4v) is 3.47. The lowest BCUT2D eigenvalue weighted by molar-refractivity contribution is 0.260. The quantitative estimate of drug-likeness (QED) is 0.788. The molecule has 0 amide bonds. The Bertz CT molecular complexity index is 881. The Morgan fingerprint density at radius 1 is 1.21 bits per heavy atom. The Morgan fingerprint density at radius 2 is 2.08 bits per heavy atom. The van der Waals surface area contributed by atoms with Crippen molar-refractivity contribution in [2.75, 3.05) is 6.54 Å². The van der Waals surface area contributed by atoms with Crippen LogP contribution in [0.4, 0.5) is 0 Å². The molecular formula is C17H22N6O. The molecular weight excluding hydrogens is 304 g/mol. The molecule has 7 nitrogen and oxygen atoms in total. The number of aliphatic hydroxyl groups excluding tert-OH is 1. The summed E-state index contributed by atoms with van der Waals surface area (Å²) in [5, 5.41) is 18.2. The van der Waals surface area contributed by atoms with Crippen molar-refractivity contribution in [2.24, 2.45) is 0 Å². The number of rotatable bonds is 3. The smallest absolute Gasteiger partial charge is 0.159 e. The van der Waals surface area contributed by atoms with Gasteiger partial charge in [0.2, 0.25) is 0 Å². The summed E-state index contributed by atoms with van der Waals surface area (Å²) in [5.41, 5.74) is 6.12. The predicted molar refractivity (Wildman–Crippen MR) is 89.3 cm³/mol. The van der Waals surface area contributed by atoms with Crippen molar-refractivity contribution < 1.29 is 5.11 Å². The van der Waals surface area contributed by atoms with E-state index in [2.05, 4.69) is 27.0 Å². The largest absolute Gasteiger partial charge is 0.390 e. The standard InChI is InChI=1S/C17H22N6O/c1-12-6-13(2)23-17(19-12)14(8-18-23)9-21-4-3-5-22-16(10-21)7-15(11-24)20-22/h6-8,24H,3-5,9-11H2,1-2H3. The third-order valence-electron chi connectivity index (χ3n) is 4.55. The van der Waals surface area contributed by atoms with Gasteiger partial charge in [0.25, 0.3) is 0 Å². The molecule has 0 fully saturated rings. The van der Waals surface area contributed by atoms with Crippen LogP contribution in [0.5, 0.6) is 0 Å². The van der Waals surface area contributed by atoms with E-state index in [4.69, 9.17) is 0 Å². The average Bonchev–Trinajstić information content (AvgIpc) is 3.07. The van der Waals surface area contributed by atoms with Gasteiger partial charge in [-0.05, 0) is 32.4 Å². The summed E-state index contributed by atoms with van der Waals surface area (Å²) in [6.07, 6.45) is 2.97. The number of hydrogen-bond donors (Lipinski definition) is 1. The average molecular weight is 326 g/mol.